The van der Waals surface area contributed by atoms with Crippen molar-refractivity contribution in [1.29, 1.82) is 0 Å². The van der Waals surface area contributed by atoms with Crippen LogP contribution in [0.3, 0.4) is 0 Å². The van der Waals surface area contributed by atoms with E-state index in [4.69, 9.17) is 23.2 Å². The van der Waals surface area contributed by atoms with Crippen LogP contribution in [-0.4, -0.2) is 31.1 Å². The molecule has 1 atom stereocenters. The van der Waals surface area contributed by atoms with Crippen LogP contribution in [0.5, 0.6) is 0 Å². The van der Waals surface area contributed by atoms with Crippen LogP contribution in [0.1, 0.15) is 44.2 Å². The molecule has 2 rings (SSSR count). The second-order valence-electron chi connectivity index (χ2n) is 5.85. The van der Waals surface area contributed by atoms with Crippen molar-refractivity contribution in [2.45, 2.75) is 44.7 Å². The van der Waals surface area contributed by atoms with Gasteiger partial charge in [-0.15, -0.1) is 0 Å². The molecule has 1 aromatic carbocycles. The van der Waals surface area contributed by atoms with Gasteiger partial charge in [0.15, 0.2) is 0 Å². The second-order valence-corrected chi connectivity index (χ2v) is 6.64. The lowest BCUT2D eigenvalue weighted by atomic mass is 10.1. The molecular weight excluding hydrogens is 310 g/mol. The van der Waals surface area contributed by atoms with Crippen molar-refractivity contribution in [2.75, 3.05) is 20.1 Å². The zero-order chi connectivity index (χ0) is 15.4. The maximum atomic E-state index is 13.5. The number of likely N-dealkylation sites (N-methyl/N-ethyl adjacent to an activating group) is 1. The first kappa shape index (κ1) is 17.0. The molecule has 0 spiro atoms. The molecule has 2 nitrogen and oxygen atoms in total. The summed E-state index contributed by atoms with van der Waals surface area (Å²) < 4.78 is 13.5. The van der Waals surface area contributed by atoms with E-state index in [0.29, 0.717) is 16.6 Å². The molecule has 1 saturated carbocycles. The van der Waals surface area contributed by atoms with Crippen LogP contribution in [0.4, 0.5) is 4.39 Å². The topological polar surface area (TPSA) is 15.3 Å². The van der Waals surface area contributed by atoms with E-state index in [1.165, 1.54) is 31.7 Å². The van der Waals surface area contributed by atoms with Crippen LogP contribution in [0.25, 0.3) is 0 Å². The Morgan fingerprint density at radius 2 is 2.00 bits per heavy atom. The minimum atomic E-state index is -0.423. The van der Waals surface area contributed by atoms with E-state index in [0.717, 1.165) is 13.1 Å². The average Bonchev–Trinajstić information content (AvgIpc) is 2.97. The third-order valence-electron chi connectivity index (χ3n) is 4.38. The molecular formula is C16H23Cl2FN2. The van der Waals surface area contributed by atoms with Gasteiger partial charge in [0.1, 0.15) is 5.82 Å². The molecule has 1 aromatic rings. The molecule has 5 heteroatoms. The van der Waals surface area contributed by atoms with Crippen molar-refractivity contribution < 1.29 is 4.39 Å². The highest BCUT2D eigenvalue weighted by Gasteiger charge is 2.20. The molecule has 0 amide bonds. The summed E-state index contributed by atoms with van der Waals surface area (Å²) in [5, 5.41) is 4.01. The fraction of sp³-hybridized carbons (Fsp3) is 0.625. The molecule has 1 aliphatic rings. The minimum Gasteiger partial charge on any atom is -0.309 e. The predicted molar refractivity (Wildman–Crippen MR) is 87.7 cm³/mol. The monoisotopic (exact) mass is 332 g/mol. The molecule has 0 aromatic heterocycles. The Morgan fingerprint density at radius 3 is 2.67 bits per heavy atom. The largest absolute Gasteiger partial charge is 0.309 e. The number of nitrogens with one attached hydrogen (secondary N) is 1. The highest BCUT2D eigenvalue weighted by molar-refractivity contribution is 6.36. The number of rotatable bonds is 6. The second kappa shape index (κ2) is 7.77. The van der Waals surface area contributed by atoms with Gasteiger partial charge in [-0.2, -0.15) is 0 Å². The van der Waals surface area contributed by atoms with Gasteiger partial charge in [-0.25, -0.2) is 4.39 Å². The van der Waals surface area contributed by atoms with Crippen LogP contribution in [0.15, 0.2) is 12.1 Å². The third-order valence-corrected chi connectivity index (χ3v) is 5.09. The fourth-order valence-electron chi connectivity index (χ4n) is 3.03. The SMILES string of the molecule is CC(NCCN(C)C1CCCC1)c1c(Cl)ccc(F)c1Cl. The Balaban J connectivity index is 1.87. The molecule has 0 bridgehead atoms. The lowest BCUT2D eigenvalue weighted by Gasteiger charge is -2.25. The van der Waals surface area contributed by atoms with Crippen LogP contribution in [0, 0.1) is 5.82 Å². The number of halogens is 3. The summed E-state index contributed by atoms with van der Waals surface area (Å²) in [4.78, 5) is 2.40. The van der Waals surface area contributed by atoms with E-state index in [2.05, 4.69) is 17.3 Å². The Bertz CT molecular complexity index is 476. The molecule has 21 heavy (non-hydrogen) atoms. The Kier molecular flexibility index (Phi) is 6.30. The predicted octanol–water partition coefficient (Wildman–Crippen LogP) is 4.66. The summed E-state index contributed by atoms with van der Waals surface area (Å²) in [6.45, 7) is 3.76. The van der Waals surface area contributed by atoms with Crippen molar-refractivity contribution in [2.24, 2.45) is 0 Å². The van der Waals surface area contributed by atoms with Crippen molar-refractivity contribution in [3.8, 4) is 0 Å². The molecule has 0 heterocycles. The Morgan fingerprint density at radius 1 is 1.33 bits per heavy atom. The molecule has 1 N–H and O–H groups in total. The van der Waals surface area contributed by atoms with E-state index < -0.39 is 5.82 Å². The van der Waals surface area contributed by atoms with Crippen LogP contribution in [-0.2, 0) is 0 Å². The lowest BCUT2D eigenvalue weighted by Crippen LogP contribution is -2.36. The summed E-state index contributed by atoms with van der Waals surface area (Å²) in [5.41, 5.74) is 0.641. The first-order valence-corrected chi connectivity index (χ1v) is 8.33. The zero-order valence-electron chi connectivity index (χ0n) is 12.6. The number of benzene rings is 1. The van der Waals surface area contributed by atoms with Crippen molar-refractivity contribution in [1.82, 2.24) is 10.2 Å². The highest BCUT2D eigenvalue weighted by atomic mass is 35.5. The summed E-state index contributed by atoms with van der Waals surface area (Å²) in [5.74, 6) is -0.423. The minimum absolute atomic E-state index is 0.0716. The maximum absolute atomic E-state index is 13.5. The number of hydrogen-bond acceptors (Lipinski definition) is 2. The van der Waals surface area contributed by atoms with E-state index in [-0.39, 0.29) is 11.1 Å². The Labute approximate surface area is 136 Å². The standard InChI is InChI=1S/C16H23Cl2FN2/c1-11(15-13(17)7-8-14(19)16(15)18)20-9-10-21(2)12-5-3-4-6-12/h7-8,11-12,20H,3-6,9-10H2,1-2H3. The summed E-state index contributed by atoms with van der Waals surface area (Å²) in [6.07, 6.45) is 5.28. The molecule has 118 valence electrons. The van der Waals surface area contributed by atoms with Crippen molar-refractivity contribution in [3.63, 3.8) is 0 Å². The van der Waals surface area contributed by atoms with E-state index >= 15 is 0 Å². The smallest absolute Gasteiger partial charge is 0.142 e. The van der Waals surface area contributed by atoms with Gasteiger partial charge in [0.2, 0.25) is 0 Å². The van der Waals surface area contributed by atoms with Crippen LogP contribution < -0.4 is 5.32 Å². The molecule has 1 aliphatic carbocycles. The molecule has 1 fully saturated rings. The van der Waals surface area contributed by atoms with Crippen LogP contribution >= 0.6 is 23.2 Å². The van der Waals surface area contributed by atoms with Gasteiger partial charge in [-0.3, -0.25) is 0 Å². The number of hydrogen-bond donors (Lipinski definition) is 1. The van der Waals surface area contributed by atoms with E-state index in [9.17, 15) is 4.39 Å². The Hall–Kier alpha value is -0.350. The maximum Gasteiger partial charge on any atom is 0.142 e. The van der Waals surface area contributed by atoms with Gasteiger partial charge in [-0.1, -0.05) is 36.0 Å². The van der Waals surface area contributed by atoms with E-state index in [1.807, 2.05) is 6.92 Å². The third kappa shape index (κ3) is 4.32. The molecule has 0 saturated heterocycles. The molecule has 0 radical (unpaired) electrons. The van der Waals surface area contributed by atoms with Gasteiger partial charge in [0.25, 0.3) is 0 Å². The normalized spacial score (nSPS) is 17.6. The van der Waals surface area contributed by atoms with Crippen molar-refractivity contribution >= 4 is 23.2 Å². The quantitative estimate of drug-likeness (QED) is 0.762. The molecule has 0 aliphatic heterocycles. The van der Waals surface area contributed by atoms with Gasteiger partial charge in [0.05, 0.1) is 5.02 Å². The number of nitrogens with zero attached hydrogens (tertiary/aromatic N) is 1. The summed E-state index contributed by atoms with van der Waals surface area (Å²) in [7, 11) is 2.17. The van der Waals surface area contributed by atoms with Gasteiger partial charge >= 0.3 is 0 Å². The average molecular weight is 333 g/mol. The first-order chi connectivity index (χ1) is 10.0. The van der Waals surface area contributed by atoms with Crippen molar-refractivity contribution in [3.05, 3.63) is 33.6 Å². The zero-order valence-corrected chi connectivity index (χ0v) is 14.1. The van der Waals surface area contributed by atoms with Gasteiger partial charge in [-0.05, 0) is 38.9 Å². The highest BCUT2D eigenvalue weighted by Crippen LogP contribution is 2.32. The van der Waals surface area contributed by atoms with Gasteiger partial charge in [0, 0.05) is 35.8 Å². The lowest BCUT2D eigenvalue weighted by molar-refractivity contribution is 0.243. The summed E-state index contributed by atoms with van der Waals surface area (Å²) in [6, 6.07) is 3.50. The fourth-order valence-corrected chi connectivity index (χ4v) is 3.72. The van der Waals surface area contributed by atoms with Gasteiger partial charge < -0.3 is 10.2 Å². The van der Waals surface area contributed by atoms with E-state index in [1.54, 1.807) is 6.07 Å². The summed E-state index contributed by atoms with van der Waals surface area (Å²) >= 11 is 12.2. The first-order valence-electron chi connectivity index (χ1n) is 7.57. The van der Waals surface area contributed by atoms with Crippen LogP contribution in [0.2, 0.25) is 10.0 Å². The molecule has 1 unspecified atom stereocenters.